The topological polar surface area (TPSA) is 84.2 Å². The molecule has 1 saturated carbocycles. The second-order valence-electron chi connectivity index (χ2n) is 5.55. The fraction of sp³-hybridized carbons (Fsp3) is 0.312. The number of aliphatic carboxylic acids is 1. The molecule has 1 aliphatic carbocycles. The second-order valence-corrected chi connectivity index (χ2v) is 5.55. The van der Waals surface area contributed by atoms with Crippen molar-refractivity contribution in [3.05, 3.63) is 47.8 Å². The third kappa shape index (κ3) is 2.86. The monoisotopic (exact) mass is 299 g/mol. The summed E-state index contributed by atoms with van der Waals surface area (Å²) in [5.41, 5.74) is 1.90. The number of carboxylic acids is 1. The molecule has 114 valence electrons. The first-order valence-electron chi connectivity index (χ1n) is 7.22. The maximum Gasteiger partial charge on any atom is 0.326 e. The predicted octanol–water partition coefficient (Wildman–Crippen LogP) is 1.77. The van der Waals surface area contributed by atoms with Gasteiger partial charge in [0, 0.05) is 5.69 Å². The van der Waals surface area contributed by atoms with Crippen molar-refractivity contribution in [2.45, 2.75) is 25.8 Å². The Morgan fingerprint density at radius 1 is 1.32 bits per heavy atom. The van der Waals surface area contributed by atoms with Crippen molar-refractivity contribution < 1.29 is 14.7 Å². The summed E-state index contributed by atoms with van der Waals surface area (Å²) in [6, 6.07) is 10.3. The largest absolute Gasteiger partial charge is 0.480 e. The smallest absolute Gasteiger partial charge is 0.326 e. The molecule has 0 aliphatic heterocycles. The number of hydrogen-bond acceptors (Lipinski definition) is 3. The van der Waals surface area contributed by atoms with E-state index in [1.165, 1.54) is 0 Å². The molecular formula is C16H17N3O3. The van der Waals surface area contributed by atoms with Crippen molar-refractivity contribution in [2.24, 2.45) is 5.92 Å². The van der Waals surface area contributed by atoms with Gasteiger partial charge < -0.3 is 10.4 Å². The Bertz CT molecular complexity index is 705. The number of nitrogens with zero attached hydrogens (tertiary/aromatic N) is 2. The van der Waals surface area contributed by atoms with Gasteiger partial charge in [-0.3, -0.25) is 4.79 Å². The van der Waals surface area contributed by atoms with E-state index < -0.39 is 17.9 Å². The number of carbonyl (C=O) groups excluding carboxylic acids is 1. The SMILES string of the molecule is Cc1cc(C(=O)NC(C(=O)O)C2CC2)nn1-c1ccccc1. The minimum Gasteiger partial charge on any atom is -0.480 e. The van der Waals surface area contributed by atoms with Gasteiger partial charge in [-0.15, -0.1) is 0 Å². The van der Waals surface area contributed by atoms with E-state index in [9.17, 15) is 14.7 Å². The summed E-state index contributed by atoms with van der Waals surface area (Å²) in [7, 11) is 0. The molecule has 1 heterocycles. The lowest BCUT2D eigenvalue weighted by Gasteiger charge is -2.12. The summed E-state index contributed by atoms with van der Waals surface area (Å²) in [5.74, 6) is -1.40. The molecule has 1 amide bonds. The number of benzene rings is 1. The van der Waals surface area contributed by atoms with E-state index in [2.05, 4.69) is 10.4 Å². The van der Waals surface area contributed by atoms with E-state index in [0.717, 1.165) is 24.2 Å². The molecule has 0 saturated heterocycles. The zero-order valence-corrected chi connectivity index (χ0v) is 12.2. The third-order valence-electron chi connectivity index (χ3n) is 3.77. The highest BCUT2D eigenvalue weighted by molar-refractivity contribution is 5.95. The molecule has 1 aliphatic rings. The lowest BCUT2D eigenvalue weighted by Crippen LogP contribution is -2.42. The molecule has 2 aromatic rings. The maximum atomic E-state index is 12.2. The number of aromatic nitrogens is 2. The molecule has 0 bridgehead atoms. The summed E-state index contributed by atoms with van der Waals surface area (Å²) in [5, 5.41) is 16.0. The summed E-state index contributed by atoms with van der Waals surface area (Å²) < 4.78 is 1.67. The Hall–Kier alpha value is -2.63. The number of para-hydroxylation sites is 1. The van der Waals surface area contributed by atoms with Gasteiger partial charge in [0.1, 0.15) is 6.04 Å². The highest BCUT2D eigenvalue weighted by Gasteiger charge is 2.37. The van der Waals surface area contributed by atoms with Crippen LogP contribution in [0.3, 0.4) is 0 Å². The van der Waals surface area contributed by atoms with Crippen LogP contribution in [0.4, 0.5) is 0 Å². The summed E-state index contributed by atoms with van der Waals surface area (Å²) >= 11 is 0. The van der Waals surface area contributed by atoms with Gasteiger partial charge in [-0.05, 0) is 43.9 Å². The maximum absolute atomic E-state index is 12.2. The summed E-state index contributed by atoms with van der Waals surface area (Å²) in [6.45, 7) is 1.85. The summed E-state index contributed by atoms with van der Waals surface area (Å²) in [6.07, 6.45) is 1.68. The number of amides is 1. The fourth-order valence-electron chi connectivity index (χ4n) is 2.44. The molecular weight excluding hydrogens is 282 g/mol. The first-order chi connectivity index (χ1) is 10.6. The molecule has 1 atom stereocenters. The predicted molar refractivity (Wildman–Crippen MR) is 79.9 cm³/mol. The minimum absolute atomic E-state index is 0.0405. The number of aryl methyl sites for hydroxylation is 1. The molecule has 6 heteroatoms. The Labute approximate surface area is 127 Å². The van der Waals surface area contributed by atoms with Crippen molar-refractivity contribution >= 4 is 11.9 Å². The molecule has 1 fully saturated rings. The van der Waals surface area contributed by atoms with Crippen LogP contribution in [0.2, 0.25) is 0 Å². The van der Waals surface area contributed by atoms with Crippen molar-refractivity contribution in [3.8, 4) is 5.69 Å². The highest BCUT2D eigenvalue weighted by atomic mass is 16.4. The number of carboxylic acid groups (broad SMARTS) is 1. The minimum atomic E-state index is -0.991. The molecule has 3 rings (SSSR count). The van der Waals surface area contributed by atoms with Crippen molar-refractivity contribution in [1.29, 1.82) is 0 Å². The van der Waals surface area contributed by atoms with Gasteiger partial charge in [0.15, 0.2) is 5.69 Å². The van der Waals surface area contributed by atoms with E-state index in [4.69, 9.17) is 0 Å². The van der Waals surface area contributed by atoms with Gasteiger partial charge in [0.05, 0.1) is 5.69 Å². The molecule has 6 nitrogen and oxygen atoms in total. The third-order valence-corrected chi connectivity index (χ3v) is 3.77. The Morgan fingerprint density at radius 2 is 2.00 bits per heavy atom. The summed E-state index contributed by atoms with van der Waals surface area (Å²) in [4.78, 5) is 23.4. The molecule has 0 spiro atoms. The van der Waals surface area contributed by atoms with Gasteiger partial charge >= 0.3 is 5.97 Å². The molecule has 1 aromatic carbocycles. The van der Waals surface area contributed by atoms with Crippen LogP contribution in [0.5, 0.6) is 0 Å². The average Bonchev–Trinajstić information content (AvgIpc) is 3.27. The van der Waals surface area contributed by atoms with Crippen LogP contribution >= 0.6 is 0 Å². The fourth-order valence-corrected chi connectivity index (χ4v) is 2.44. The number of carbonyl (C=O) groups is 2. The van der Waals surface area contributed by atoms with Gasteiger partial charge in [-0.25, -0.2) is 9.48 Å². The lowest BCUT2D eigenvalue weighted by atomic mass is 10.2. The molecule has 2 N–H and O–H groups in total. The van der Waals surface area contributed by atoms with E-state index in [0.29, 0.717) is 0 Å². The van der Waals surface area contributed by atoms with Crippen LogP contribution in [0.15, 0.2) is 36.4 Å². The molecule has 0 radical (unpaired) electrons. The van der Waals surface area contributed by atoms with Gasteiger partial charge in [0.25, 0.3) is 5.91 Å². The van der Waals surface area contributed by atoms with Crippen molar-refractivity contribution in [3.63, 3.8) is 0 Å². The van der Waals surface area contributed by atoms with Crippen LogP contribution in [-0.2, 0) is 4.79 Å². The van der Waals surface area contributed by atoms with Crippen LogP contribution in [0.25, 0.3) is 5.69 Å². The quantitative estimate of drug-likeness (QED) is 0.881. The average molecular weight is 299 g/mol. The van der Waals surface area contributed by atoms with E-state index >= 15 is 0 Å². The number of rotatable bonds is 5. The first-order valence-corrected chi connectivity index (χ1v) is 7.22. The standard InChI is InChI=1S/C16H17N3O3/c1-10-9-13(18-19(10)12-5-3-2-4-6-12)15(20)17-14(16(21)22)11-7-8-11/h2-6,9,11,14H,7-8H2,1H3,(H,17,20)(H,21,22). The lowest BCUT2D eigenvalue weighted by molar-refractivity contribution is -0.139. The molecule has 22 heavy (non-hydrogen) atoms. The Morgan fingerprint density at radius 3 is 2.59 bits per heavy atom. The zero-order chi connectivity index (χ0) is 15.7. The van der Waals surface area contributed by atoms with Crippen LogP contribution in [0.1, 0.15) is 29.0 Å². The Balaban J connectivity index is 1.80. The normalized spacial score (nSPS) is 15.3. The Kier molecular flexibility index (Phi) is 3.66. The van der Waals surface area contributed by atoms with Crippen LogP contribution in [0, 0.1) is 12.8 Å². The van der Waals surface area contributed by atoms with Crippen molar-refractivity contribution in [2.75, 3.05) is 0 Å². The number of nitrogens with one attached hydrogen (secondary N) is 1. The van der Waals surface area contributed by atoms with Crippen LogP contribution in [-0.4, -0.2) is 32.8 Å². The number of hydrogen-bond donors (Lipinski definition) is 2. The van der Waals surface area contributed by atoms with E-state index in [1.807, 2.05) is 37.3 Å². The highest BCUT2D eigenvalue weighted by Crippen LogP contribution is 2.32. The second kappa shape index (κ2) is 5.63. The molecule has 1 unspecified atom stereocenters. The van der Waals surface area contributed by atoms with E-state index in [-0.39, 0.29) is 11.6 Å². The van der Waals surface area contributed by atoms with Crippen LogP contribution < -0.4 is 5.32 Å². The van der Waals surface area contributed by atoms with E-state index in [1.54, 1.807) is 10.7 Å². The van der Waals surface area contributed by atoms with Crippen molar-refractivity contribution in [1.82, 2.24) is 15.1 Å². The van der Waals surface area contributed by atoms with Gasteiger partial charge in [-0.2, -0.15) is 5.10 Å². The zero-order valence-electron chi connectivity index (χ0n) is 12.2. The van der Waals surface area contributed by atoms with Gasteiger partial charge in [-0.1, -0.05) is 18.2 Å². The van der Waals surface area contributed by atoms with Gasteiger partial charge in [0.2, 0.25) is 0 Å². The molecule has 1 aromatic heterocycles. The first kappa shape index (κ1) is 14.3.